The summed E-state index contributed by atoms with van der Waals surface area (Å²) in [7, 11) is 0. The number of amides is 2. The van der Waals surface area contributed by atoms with Crippen molar-refractivity contribution in [2.75, 3.05) is 0 Å². The Kier molecular flexibility index (Phi) is 6.23. The van der Waals surface area contributed by atoms with Gasteiger partial charge in [-0.05, 0) is 43.2 Å². The zero-order valence-electron chi connectivity index (χ0n) is 13.2. The van der Waals surface area contributed by atoms with Gasteiger partial charge >= 0.3 is 0 Å². The number of nitrogens with one attached hydrogen (secondary N) is 2. The molecule has 2 N–H and O–H groups in total. The van der Waals surface area contributed by atoms with E-state index in [1.54, 1.807) is 19.1 Å². The Morgan fingerprint density at radius 1 is 1.00 bits per heavy atom. The van der Waals surface area contributed by atoms with Crippen LogP contribution in [0.25, 0.3) is 0 Å². The maximum atomic E-state index is 12.0. The molecule has 2 aromatic carbocycles. The van der Waals surface area contributed by atoms with Crippen LogP contribution in [0, 0.1) is 0 Å². The quantitative estimate of drug-likeness (QED) is 0.654. The minimum atomic E-state index is -0.321. The zero-order chi connectivity index (χ0) is 16.7. The van der Waals surface area contributed by atoms with Crippen LogP contribution in [0.15, 0.2) is 59.5 Å². The fourth-order valence-corrected chi connectivity index (χ4v) is 2.83. The van der Waals surface area contributed by atoms with Crippen LogP contribution < -0.4 is 10.9 Å². The van der Waals surface area contributed by atoms with Gasteiger partial charge in [0.2, 0.25) is 0 Å². The van der Waals surface area contributed by atoms with E-state index in [1.807, 2.05) is 42.5 Å². The molecule has 0 fully saturated rings. The maximum absolute atomic E-state index is 12.0. The molecule has 0 spiro atoms. The molecule has 0 bridgehead atoms. The number of carbonyl (C=O) groups excluding carboxylic acids is 2. The Morgan fingerprint density at radius 3 is 2.26 bits per heavy atom. The van der Waals surface area contributed by atoms with E-state index in [0.717, 1.165) is 11.3 Å². The topological polar surface area (TPSA) is 58.2 Å². The van der Waals surface area contributed by atoms with E-state index in [2.05, 4.69) is 17.8 Å². The molecule has 23 heavy (non-hydrogen) atoms. The summed E-state index contributed by atoms with van der Waals surface area (Å²) < 4.78 is 0. The number of hydrogen-bond donors (Lipinski definition) is 2. The lowest BCUT2D eigenvalue weighted by Crippen LogP contribution is -2.44. The first-order valence-electron chi connectivity index (χ1n) is 7.51. The Bertz CT molecular complexity index is 656. The van der Waals surface area contributed by atoms with Crippen molar-refractivity contribution in [3.8, 4) is 0 Å². The molecule has 4 nitrogen and oxygen atoms in total. The van der Waals surface area contributed by atoms with Crippen LogP contribution in [0.2, 0.25) is 0 Å². The summed E-state index contributed by atoms with van der Waals surface area (Å²) in [5.74, 6) is -0.560. The highest BCUT2D eigenvalue weighted by molar-refractivity contribution is 8.00. The molecular formula is C18H20N2O2S. The number of hydrogen-bond acceptors (Lipinski definition) is 3. The molecule has 2 aromatic rings. The molecule has 0 aromatic heterocycles. The van der Waals surface area contributed by atoms with E-state index in [-0.39, 0.29) is 17.1 Å². The largest absolute Gasteiger partial charge is 0.272 e. The van der Waals surface area contributed by atoms with Crippen LogP contribution in [0.5, 0.6) is 0 Å². The van der Waals surface area contributed by atoms with Crippen LogP contribution in [0.1, 0.15) is 29.8 Å². The van der Waals surface area contributed by atoms with Gasteiger partial charge in [0.15, 0.2) is 0 Å². The maximum Gasteiger partial charge on any atom is 0.269 e. The highest BCUT2D eigenvalue weighted by Gasteiger charge is 2.15. The first-order chi connectivity index (χ1) is 11.1. The molecule has 0 heterocycles. The molecule has 1 atom stereocenters. The minimum absolute atomic E-state index is 0.239. The third-order valence-corrected chi connectivity index (χ3v) is 4.46. The summed E-state index contributed by atoms with van der Waals surface area (Å²) >= 11 is 1.44. The standard InChI is InChI=1S/C18H20N2O2S/c1-3-14-9-11-15(12-10-14)18(22)20-19-17(21)13(2)23-16-7-5-4-6-8-16/h4-13H,3H2,1-2H3,(H,19,21)(H,20,22). The van der Waals surface area contributed by atoms with Crippen molar-refractivity contribution in [2.45, 2.75) is 30.4 Å². The molecule has 120 valence electrons. The Labute approximate surface area is 140 Å². The molecule has 5 heteroatoms. The van der Waals surface area contributed by atoms with Gasteiger partial charge in [-0.3, -0.25) is 20.4 Å². The average molecular weight is 328 g/mol. The fourth-order valence-electron chi connectivity index (χ4n) is 1.94. The van der Waals surface area contributed by atoms with Gasteiger partial charge in [-0.25, -0.2) is 0 Å². The van der Waals surface area contributed by atoms with Gasteiger partial charge in [0.05, 0.1) is 5.25 Å². The van der Waals surface area contributed by atoms with Crippen molar-refractivity contribution in [3.05, 3.63) is 65.7 Å². The molecule has 0 aliphatic carbocycles. The summed E-state index contributed by atoms with van der Waals surface area (Å²) in [5.41, 5.74) is 6.61. The smallest absolute Gasteiger partial charge is 0.269 e. The van der Waals surface area contributed by atoms with Crippen LogP contribution in [0.4, 0.5) is 0 Å². The van der Waals surface area contributed by atoms with Crippen molar-refractivity contribution in [3.63, 3.8) is 0 Å². The first kappa shape index (κ1) is 17.1. The van der Waals surface area contributed by atoms with Gasteiger partial charge in [-0.2, -0.15) is 0 Å². The van der Waals surface area contributed by atoms with Gasteiger partial charge in [0, 0.05) is 10.5 Å². The summed E-state index contributed by atoms with van der Waals surface area (Å²) in [6.45, 7) is 3.86. The minimum Gasteiger partial charge on any atom is -0.272 e. The Hall–Kier alpha value is -2.27. The van der Waals surface area contributed by atoms with Gasteiger partial charge in [0.1, 0.15) is 0 Å². The summed E-state index contributed by atoms with van der Waals surface area (Å²) in [4.78, 5) is 25.0. The molecule has 2 amide bonds. The van der Waals surface area contributed by atoms with Crippen molar-refractivity contribution < 1.29 is 9.59 Å². The second kappa shape index (κ2) is 8.39. The molecule has 0 aliphatic rings. The van der Waals surface area contributed by atoms with E-state index in [1.165, 1.54) is 17.3 Å². The number of thioether (sulfide) groups is 1. The van der Waals surface area contributed by atoms with Crippen molar-refractivity contribution in [1.82, 2.24) is 10.9 Å². The predicted octanol–water partition coefficient (Wildman–Crippen LogP) is 3.19. The summed E-state index contributed by atoms with van der Waals surface area (Å²) in [5, 5.41) is -0.305. The lowest BCUT2D eigenvalue weighted by atomic mass is 10.1. The van der Waals surface area contributed by atoms with Gasteiger partial charge in [-0.15, -0.1) is 11.8 Å². The highest BCUT2D eigenvalue weighted by Crippen LogP contribution is 2.22. The lowest BCUT2D eigenvalue weighted by Gasteiger charge is -2.13. The van der Waals surface area contributed by atoms with Crippen LogP contribution in [-0.2, 0) is 11.2 Å². The zero-order valence-corrected chi connectivity index (χ0v) is 14.0. The van der Waals surface area contributed by atoms with E-state index < -0.39 is 0 Å². The van der Waals surface area contributed by atoms with Crippen molar-refractivity contribution in [2.24, 2.45) is 0 Å². The lowest BCUT2D eigenvalue weighted by molar-refractivity contribution is -0.121. The monoisotopic (exact) mass is 328 g/mol. The third kappa shape index (κ3) is 5.14. The fraction of sp³-hybridized carbons (Fsp3) is 0.222. The van der Waals surface area contributed by atoms with E-state index in [0.29, 0.717) is 5.56 Å². The Morgan fingerprint density at radius 2 is 1.65 bits per heavy atom. The molecular weight excluding hydrogens is 308 g/mol. The molecule has 0 saturated heterocycles. The summed E-state index contributed by atoms with van der Waals surface area (Å²) in [6, 6.07) is 17.0. The van der Waals surface area contributed by atoms with Crippen LogP contribution in [-0.4, -0.2) is 17.1 Å². The van der Waals surface area contributed by atoms with E-state index >= 15 is 0 Å². The van der Waals surface area contributed by atoms with E-state index in [4.69, 9.17) is 0 Å². The molecule has 0 aliphatic heterocycles. The number of rotatable bonds is 5. The predicted molar refractivity (Wildman–Crippen MR) is 93.2 cm³/mol. The average Bonchev–Trinajstić information content (AvgIpc) is 2.60. The first-order valence-corrected chi connectivity index (χ1v) is 8.39. The second-order valence-corrected chi connectivity index (χ2v) is 6.48. The van der Waals surface area contributed by atoms with Crippen LogP contribution >= 0.6 is 11.8 Å². The van der Waals surface area contributed by atoms with Crippen molar-refractivity contribution >= 4 is 23.6 Å². The van der Waals surface area contributed by atoms with Crippen molar-refractivity contribution in [1.29, 1.82) is 0 Å². The molecule has 1 unspecified atom stereocenters. The SMILES string of the molecule is CCc1ccc(C(=O)NNC(=O)C(C)Sc2ccccc2)cc1. The number of benzene rings is 2. The molecule has 2 rings (SSSR count). The summed E-state index contributed by atoms with van der Waals surface area (Å²) in [6.07, 6.45) is 0.923. The molecule has 0 radical (unpaired) electrons. The van der Waals surface area contributed by atoms with Crippen LogP contribution in [0.3, 0.4) is 0 Å². The number of aryl methyl sites for hydroxylation is 1. The van der Waals surface area contributed by atoms with Gasteiger partial charge in [-0.1, -0.05) is 37.3 Å². The Balaban J connectivity index is 1.84. The van der Waals surface area contributed by atoms with Gasteiger partial charge < -0.3 is 0 Å². The third-order valence-electron chi connectivity index (χ3n) is 3.35. The number of carbonyl (C=O) groups is 2. The normalized spacial score (nSPS) is 11.6. The molecule has 0 saturated carbocycles. The number of hydrazine groups is 1. The van der Waals surface area contributed by atoms with Gasteiger partial charge in [0.25, 0.3) is 11.8 Å². The highest BCUT2D eigenvalue weighted by atomic mass is 32.2. The second-order valence-electron chi connectivity index (χ2n) is 5.07. The van der Waals surface area contributed by atoms with E-state index in [9.17, 15) is 9.59 Å².